The first-order valence-corrected chi connectivity index (χ1v) is 6.28. The number of rotatable bonds is 2. The maximum absolute atomic E-state index is 4.27. The standard InChI is InChI=1S/C14H17N3/c1-2-9-16(10-3-1)13-6-4-7-14(12-13)17-11-5-8-15-17/h4-8,11-12H,1-3,9-10H2. The van der Waals surface area contributed by atoms with E-state index in [1.54, 1.807) is 0 Å². The molecule has 0 saturated carbocycles. The molecule has 0 bridgehead atoms. The predicted octanol–water partition coefficient (Wildman–Crippen LogP) is 2.86. The maximum atomic E-state index is 4.27. The summed E-state index contributed by atoms with van der Waals surface area (Å²) in [6.07, 6.45) is 7.79. The van der Waals surface area contributed by atoms with E-state index in [0.717, 1.165) is 5.69 Å². The van der Waals surface area contributed by atoms with Gasteiger partial charge in [-0.15, -0.1) is 0 Å². The largest absolute Gasteiger partial charge is 0.371 e. The lowest BCUT2D eigenvalue weighted by molar-refractivity contribution is 0.577. The predicted molar refractivity (Wildman–Crippen MR) is 69.6 cm³/mol. The second-order valence-electron chi connectivity index (χ2n) is 4.52. The fourth-order valence-electron chi connectivity index (χ4n) is 2.41. The van der Waals surface area contributed by atoms with Crippen LogP contribution >= 0.6 is 0 Å². The molecule has 2 aromatic rings. The molecule has 88 valence electrons. The topological polar surface area (TPSA) is 21.1 Å². The fraction of sp³-hybridized carbons (Fsp3) is 0.357. The first-order chi connectivity index (χ1) is 8.43. The van der Waals surface area contributed by atoms with Crippen molar-refractivity contribution in [3.05, 3.63) is 42.7 Å². The summed E-state index contributed by atoms with van der Waals surface area (Å²) in [5.74, 6) is 0. The van der Waals surface area contributed by atoms with Crippen molar-refractivity contribution in [2.45, 2.75) is 19.3 Å². The van der Waals surface area contributed by atoms with E-state index < -0.39 is 0 Å². The Hall–Kier alpha value is -1.77. The van der Waals surface area contributed by atoms with Gasteiger partial charge in [-0.25, -0.2) is 4.68 Å². The van der Waals surface area contributed by atoms with E-state index in [1.165, 1.54) is 38.0 Å². The maximum Gasteiger partial charge on any atom is 0.0666 e. The molecule has 1 aromatic heterocycles. The number of benzene rings is 1. The Morgan fingerprint density at radius 1 is 0.941 bits per heavy atom. The van der Waals surface area contributed by atoms with Crippen molar-refractivity contribution in [3.63, 3.8) is 0 Å². The molecule has 3 nitrogen and oxygen atoms in total. The van der Waals surface area contributed by atoms with Gasteiger partial charge >= 0.3 is 0 Å². The molecular weight excluding hydrogens is 210 g/mol. The summed E-state index contributed by atoms with van der Waals surface area (Å²) in [4.78, 5) is 2.47. The summed E-state index contributed by atoms with van der Waals surface area (Å²) in [5, 5.41) is 4.27. The zero-order valence-electron chi connectivity index (χ0n) is 9.92. The number of aromatic nitrogens is 2. The van der Waals surface area contributed by atoms with Crippen LogP contribution in [0.1, 0.15) is 19.3 Å². The van der Waals surface area contributed by atoms with E-state index in [4.69, 9.17) is 0 Å². The molecule has 0 unspecified atom stereocenters. The molecule has 0 spiro atoms. The van der Waals surface area contributed by atoms with Crippen LogP contribution in [0.4, 0.5) is 5.69 Å². The van der Waals surface area contributed by atoms with E-state index in [0.29, 0.717) is 0 Å². The van der Waals surface area contributed by atoms with Crippen molar-refractivity contribution in [1.82, 2.24) is 9.78 Å². The highest BCUT2D eigenvalue weighted by Crippen LogP contribution is 2.22. The van der Waals surface area contributed by atoms with Crippen molar-refractivity contribution in [2.24, 2.45) is 0 Å². The van der Waals surface area contributed by atoms with E-state index >= 15 is 0 Å². The molecule has 1 aliphatic heterocycles. The summed E-state index contributed by atoms with van der Waals surface area (Å²) in [6, 6.07) is 10.6. The van der Waals surface area contributed by atoms with Gasteiger partial charge < -0.3 is 4.90 Å². The molecule has 0 amide bonds. The van der Waals surface area contributed by atoms with E-state index in [9.17, 15) is 0 Å². The van der Waals surface area contributed by atoms with Gasteiger partial charge in [0, 0.05) is 31.2 Å². The molecule has 0 aliphatic carbocycles. The SMILES string of the molecule is c1cc(N2CCCCC2)cc(-n2cccn2)c1. The van der Waals surface area contributed by atoms with Gasteiger partial charge in [-0.2, -0.15) is 5.10 Å². The highest BCUT2D eigenvalue weighted by molar-refractivity contribution is 5.53. The molecular formula is C14H17N3. The van der Waals surface area contributed by atoms with Crippen LogP contribution in [0.2, 0.25) is 0 Å². The summed E-state index contributed by atoms with van der Waals surface area (Å²) < 4.78 is 1.91. The van der Waals surface area contributed by atoms with Crippen molar-refractivity contribution in [1.29, 1.82) is 0 Å². The van der Waals surface area contributed by atoms with Crippen LogP contribution in [0.5, 0.6) is 0 Å². The molecule has 0 N–H and O–H groups in total. The van der Waals surface area contributed by atoms with Crippen molar-refractivity contribution >= 4 is 5.69 Å². The smallest absolute Gasteiger partial charge is 0.0666 e. The zero-order valence-corrected chi connectivity index (χ0v) is 9.92. The summed E-state index contributed by atoms with van der Waals surface area (Å²) >= 11 is 0. The third-order valence-electron chi connectivity index (χ3n) is 3.32. The number of hydrogen-bond donors (Lipinski definition) is 0. The Morgan fingerprint density at radius 3 is 2.53 bits per heavy atom. The van der Waals surface area contributed by atoms with Gasteiger partial charge in [-0.3, -0.25) is 0 Å². The van der Waals surface area contributed by atoms with Crippen LogP contribution in [0.15, 0.2) is 42.7 Å². The van der Waals surface area contributed by atoms with Gasteiger partial charge in [0.15, 0.2) is 0 Å². The molecule has 1 saturated heterocycles. The Balaban J connectivity index is 1.88. The molecule has 1 aromatic carbocycles. The van der Waals surface area contributed by atoms with Crippen molar-refractivity contribution < 1.29 is 0 Å². The molecule has 0 atom stereocenters. The van der Waals surface area contributed by atoms with Crippen molar-refractivity contribution in [2.75, 3.05) is 18.0 Å². The molecule has 0 radical (unpaired) electrons. The van der Waals surface area contributed by atoms with E-state index in [2.05, 4.69) is 34.3 Å². The monoisotopic (exact) mass is 227 g/mol. The van der Waals surface area contributed by atoms with Crippen LogP contribution in [0.25, 0.3) is 5.69 Å². The van der Waals surface area contributed by atoms with E-state index in [-0.39, 0.29) is 0 Å². The molecule has 1 aliphatic rings. The minimum atomic E-state index is 1.14. The first-order valence-electron chi connectivity index (χ1n) is 6.28. The third kappa shape index (κ3) is 2.18. The number of nitrogens with zero attached hydrogens (tertiary/aromatic N) is 3. The average molecular weight is 227 g/mol. The summed E-state index contributed by atoms with van der Waals surface area (Å²) in [6.45, 7) is 2.37. The third-order valence-corrected chi connectivity index (χ3v) is 3.32. The van der Waals surface area contributed by atoms with Crippen LogP contribution < -0.4 is 4.90 Å². The summed E-state index contributed by atoms with van der Waals surface area (Å²) in [5.41, 5.74) is 2.45. The van der Waals surface area contributed by atoms with Gasteiger partial charge in [0.1, 0.15) is 0 Å². The van der Waals surface area contributed by atoms with Gasteiger partial charge in [0.25, 0.3) is 0 Å². The quantitative estimate of drug-likeness (QED) is 0.786. The van der Waals surface area contributed by atoms with Gasteiger partial charge in [0.05, 0.1) is 5.69 Å². The fourth-order valence-corrected chi connectivity index (χ4v) is 2.41. The van der Waals surface area contributed by atoms with E-state index in [1.807, 2.05) is 23.1 Å². The second kappa shape index (κ2) is 4.62. The molecule has 3 rings (SSSR count). The lowest BCUT2D eigenvalue weighted by Crippen LogP contribution is -2.29. The van der Waals surface area contributed by atoms with Crippen LogP contribution in [-0.4, -0.2) is 22.9 Å². The van der Waals surface area contributed by atoms with Crippen molar-refractivity contribution in [3.8, 4) is 5.69 Å². The van der Waals surface area contributed by atoms with Gasteiger partial charge in [0.2, 0.25) is 0 Å². The molecule has 1 fully saturated rings. The van der Waals surface area contributed by atoms with Crippen LogP contribution in [-0.2, 0) is 0 Å². The number of piperidine rings is 1. The Bertz CT molecular complexity index is 470. The van der Waals surface area contributed by atoms with Crippen LogP contribution in [0, 0.1) is 0 Å². The minimum absolute atomic E-state index is 1.14. The highest BCUT2D eigenvalue weighted by Gasteiger charge is 2.11. The van der Waals surface area contributed by atoms with Crippen LogP contribution in [0.3, 0.4) is 0 Å². The lowest BCUT2D eigenvalue weighted by atomic mass is 10.1. The first kappa shape index (κ1) is 10.4. The Labute approximate surface area is 102 Å². The summed E-state index contributed by atoms with van der Waals surface area (Å²) in [7, 11) is 0. The Kier molecular flexibility index (Phi) is 2.82. The van der Waals surface area contributed by atoms with Gasteiger partial charge in [-0.1, -0.05) is 6.07 Å². The van der Waals surface area contributed by atoms with Gasteiger partial charge in [-0.05, 0) is 43.5 Å². The minimum Gasteiger partial charge on any atom is -0.371 e. The molecule has 2 heterocycles. The Morgan fingerprint density at radius 2 is 1.76 bits per heavy atom. The molecule has 3 heteroatoms. The normalized spacial score (nSPS) is 16.1. The lowest BCUT2D eigenvalue weighted by Gasteiger charge is -2.29. The average Bonchev–Trinajstić information content (AvgIpc) is 2.94. The number of anilines is 1. The second-order valence-corrected chi connectivity index (χ2v) is 4.52. The zero-order chi connectivity index (χ0) is 11.5. The number of hydrogen-bond acceptors (Lipinski definition) is 2. The molecule has 17 heavy (non-hydrogen) atoms. The highest BCUT2D eigenvalue weighted by atomic mass is 15.3.